The van der Waals surface area contributed by atoms with E-state index in [1.54, 1.807) is 7.11 Å². The van der Waals surface area contributed by atoms with Gasteiger partial charge in [0, 0.05) is 10.8 Å². The van der Waals surface area contributed by atoms with Gasteiger partial charge in [0.25, 0.3) is 0 Å². The number of ether oxygens (including phenoxy) is 1. The van der Waals surface area contributed by atoms with Gasteiger partial charge in [0.05, 0.1) is 11.6 Å². The Morgan fingerprint density at radius 3 is 2.85 bits per heavy atom. The summed E-state index contributed by atoms with van der Waals surface area (Å²) in [5, 5.41) is 3.69. The highest BCUT2D eigenvalue weighted by molar-refractivity contribution is 9.10. The van der Waals surface area contributed by atoms with Gasteiger partial charge in [-0.3, -0.25) is 0 Å². The highest BCUT2D eigenvalue weighted by Gasteiger charge is 2.37. The zero-order chi connectivity index (χ0) is 14.6. The van der Waals surface area contributed by atoms with Crippen LogP contribution in [0.1, 0.15) is 32.3 Å². The summed E-state index contributed by atoms with van der Waals surface area (Å²) in [4.78, 5) is 0. The first kappa shape index (κ1) is 16.2. The van der Waals surface area contributed by atoms with Gasteiger partial charge in [0.2, 0.25) is 0 Å². The maximum absolute atomic E-state index is 5.31. The van der Waals surface area contributed by atoms with Gasteiger partial charge in [0.1, 0.15) is 5.75 Å². The molecule has 2 unspecified atom stereocenters. The van der Waals surface area contributed by atoms with Gasteiger partial charge < -0.3 is 10.1 Å². The zero-order valence-electron chi connectivity index (χ0n) is 12.5. The van der Waals surface area contributed by atoms with Crippen LogP contribution in [-0.4, -0.2) is 30.2 Å². The molecule has 0 radical (unpaired) electrons. The first-order valence-corrected chi connectivity index (χ1v) is 9.06. The topological polar surface area (TPSA) is 21.3 Å². The minimum absolute atomic E-state index is 0.364. The lowest BCUT2D eigenvalue weighted by atomic mass is 9.90. The molecule has 1 N–H and O–H groups in total. The molecule has 2 atom stereocenters. The van der Waals surface area contributed by atoms with E-state index in [1.165, 1.54) is 24.2 Å². The number of rotatable bonds is 6. The van der Waals surface area contributed by atoms with Crippen molar-refractivity contribution in [1.82, 2.24) is 5.32 Å². The molecule has 4 heteroatoms. The van der Waals surface area contributed by atoms with Crippen molar-refractivity contribution < 1.29 is 4.74 Å². The van der Waals surface area contributed by atoms with Gasteiger partial charge in [-0.2, -0.15) is 11.8 Å². The van der Waals surface area contributed by atoms with Crippen LogP contribution >= 0.6 is 27.7 Å². The van der Waals surface area contributed by atoms with Crippen LogP contribution in [0.4, 0.5) is 0 Å². The predicted molar refractivity (Wildman–Crippen MR) is 92.0 cm³/mol. The van der Waals surface area contributed by atoms with Crippen LogP contribution in [0.3, 0.4) is 0 Å². The number of benzene rings is 1. The third-order valence-electron chi connectivity index (χ3n) is 4.09. The number of likely N-dealkylation sites (N-methyl/N-ethyl adjacent to an activating group) is 1. The van der Waals surface area contributed by atoms with Crippen molar-refractivity contribution in [2.24, 2.45) is 0 Å². The number of thioether (sulfide) groups is 1. The minimum atomic E-state index is 0.364. The Hall–Kier alpha value is -0.190. The fourth-order valence-electron chi connectivity index (χ4n) is 2.90. The molecule has 1 heterocycles. The summed E-state index contributed by atoms with van der Waals surface area (Å²) in [5.74, 6) is 2.19. The second-order valence-corrected chi connectivity index (χ2v) is 8.03. The van der Waals surface area contributed by atoms with Crippen molar-refractivity contribution in [2.75, 3.05) is 19.4 Å². The quantitative estimate of drug-likeness (QED) is 0.821. The van der Waals surface area contributed by atoms with Crippen LogP contribution in [0, 0.1) is 0 Å². The Morgan fingerprint density at radius 2 is 2.30 bits per heavy atom. The number of hydrogen-bond donors (Lipinski definition) is 1. The summed E-state index contributed by atoms with van der Waals surface area (Å²) in [6, 6.07) is 6.94. The summed E-state index contributed by atoms with van der Waals surface area (Å²) < 4.78 is 6.71. The van der Waals surface area contributed by atoms with Crippen LogP contribution in [0.15, 0.2) is 22.7 Å². The zero-order valence-corrected chi connectivity index (χ0v) is 14.9. The predicted octanol–water partition coefficient (Wildman–Crippen LogP) is 4.26. The number of hydrogen-bond acceptors (Lipinski definition) is 3. The largest absolute Gasteiger partial charge is 0.496 e. The maximum Gasteiger partial charge on any atom is 0.133 e. The molecule has 1 fully saturated rings. The van der Waals surface area contributed by atoms with Crippen LogP contribution in [0.25, 0.3) is 0 Å². The van der Waals surface area contributed by atoms with Crippen molar-refractivity contribution in [2.45, 2.75) is 43.9 Å². The molecular weight excluding hydrogens is 334 g/mol. The molecule has 1 aliphatic heterocycles. The van der Waals surface area contributed by atoms with Crippen molar-refractivity contribution in [1.29, 1.82) is 0 Å². The molecule has 2 rings (SSSR count). The molecule has 1 saturated heterocycles. The fourth-order valence-corrected chi connectivity index (χ4v) is 4.90. The normalized spacial score (nSPS) is 23.8. The lowest BCUT2D eigenvalue weighted by molar-refractivity contribution is 0.403. The second kappa shape index (κ2) is 7.19. The third-order valence-corrected chi connectivity index (χ3v) is 6.35. The number of nitrogens with one attached hydrogen (secondary N) is 1. The highest BCUT2D eigenvalue weighted by atomic mass is 79.9. The van der Waals surface area contributed by atoms with Crippen LogP contribution in [0.2, 0.25) is 0 Å². The van der Waals surface area contributed by atoms with Crippen molar-refractivity contribution >= 4 is 27.7 Å². The standard InChI is InChI=1S/C16H24BrNOS/c1-4-18-15(16(2)8-5-9-20-16)11-12-6-7-14(19-3)13(17)10-12/h6-7,10,15,18H,4-5,8-9,11H2,1-3H3. The molecular formula is C16H24BrNOS. The Morgan fingerprint density at radius 1 is 1.50 bits per heavy atom. The molecule has 20 heavy (non-hydrogen) atoms. The van der Waals surface area contributed by atoms with E-state index < -0.39 is 0 Å². The van der Waals surface area contributed by atoms with Crippen molar-refractivity contribution in [3.63, 3.8) is 0 Å². The fraction of sp³-hybridized carbons (Fsp3) is 0.625. The Balaban J connectivity index is 2.13. The number of halogens is 1. The summed E-state index contributed by atoms with van der Waals surface area (Å²) in [5.41, 5.74) is 1.36. The molecule has 0 aromatic heterocycles. The maximum atomic E-state index is 5.31. The van der Waals surface area contributed by atoms with Crippen molar-refractivity contribution in [3.8, 4) is 5.75 Å². The summed E-state index contributed by atoms with van der Waals surface area (Å²) in [6.45, 7) is 5.63. The van der Waals surface area contributed by atoms with Gasteiger partial charge in [-0.25, -0.2) is 0 Å². The van der Waals surface area contributed by atoms with Gasteiger partial charge in [-0.05, 0) is 72.1 Å². The van der Waals surface area contributed by atoms with Gasteiger partial charge >= 0.3 is 0 Å². The van der Waals surface area contributed by atoms with Crippen LogP contribution in [-0.2, 0) is 6.42 Å². The van der Waals surface area contributed by atoms with Crippen LogP contribution in [0.5, 0.6) is 5.75 Å². The molecule has 1 aromatic carbocycles. The average molecular weight is 358 g/mol. The molecule has 0 spiro atoms. The number of methoxy groups -OCH3 is 1. The molecule has 0 amide bonds. The highest BCUT2D eigenvalue weighted by Crippen LogP contribution is 2.41. The molecule has 112 valence electrons. The first-order valence-electron chi connectivity index (χ1n) is 7.29. The van der Waals surface area contributed by atoms with E-state index in [2.05, 4.69) is 59.0 Å². The molecule has 1 aliphatic rings. The van der Waals surface area contributed by atoms with E-state index in [9.17, 15) is 0 Å². The van der Waals surface area contributed by atoms with Gasteiger partial charge in [-0.15, -0.1) is 0 Å². The van der Waals surface area contributed by atoms with E-state index in [0.29, 0.717) is 10.8 Å². The third kappa shape index (κ3) is 3.71. The van der Waals surface area contributed by atoms with Crippen LogP contribution < -0.4 is 10.1 Å². The lowest BCUT2D eigenvalue weighted by Crippen LogP contribution is -2.46. The summed E-state index contributed by atoms with van der Waals surface area (Å²) in [6.07, 6.45) is 3.72. The summed E-state index contributed by atoms with van der Waals surface area (Å²) >= 11 is 5.71. The Kier molecular flexibility index (Phi) is 5.82. The summed E-state index contributed by atoms with van der Waals surface area (Å²) in [7, 11) is 1.71. The molecule has 0 saturated carbocycles. The molecule has 1 aromatic rings. The van der Waals surface area contributed by atoms with E-state index in [-0.39, 0.29) is 0 Å². The molecule has 0 aliphatic carbocycles. The van der Waals surface area contributed by atoms with Gasteiger partial charge in [0.15, 0.2) is 0 Å². The Labute approximate surface area is 135 Å². The SMILES string of the molecule is CCNC(Cc1ccc(OC)c(Br)c1)C1(C)CCCS1. The smallest absolute Gasteiger partial charge is 0.133 e. The van der Waals surface area contributed by atoms with E-state index in [1.807, 2.05) is 6.07 Å². The van der Waals surface area contributed by atoms with Crippen molar-refractivity contribution in [3.05, 3.63) is 28.2 Å². The van der Waals surface area contributed by atoms with E-state index in [0.717, 1.165) is 23.2 Å². The minimum Gasteiger partial charge on any atom is -0.496 e. The lowest BCUT2D eigenvalue weighted by Gasteiger charge is -2.34. The van der Waals surface area contributed by atoms with E-state index >= 15 is 0 Å². The van der Waals surface area contributed by atoms with Gasteiger partial charge in [-0.1, -0.05) is 13.0 Å². The average Bonchev–Trinajstić information content (AvgIpc) is 2.87. The van der Waals surface area contributed by atoms with E-state index in [4.69, 9.17) is 4.74 Å². The monoisotopic (exact) mass is 357 g/mol. The second-order valence-electron chi connectivity index (χ2n) is 5.55. The first-order chi connectivity index (χ1) is 9.59. The molecule has 2 nitrogen and oxygen atoms in total. The Bertz CT molecular complexity index is 446. The molecule has 0 bridgehead atoms.